The molecule has 0 aliphatic carbocycles. The van der Waals surface area contributed by atoms with Crippen molar-refractivity contribution in [2.24, 2.45) is 4.99 Å². The lowest BCUT2D eigenvalue weighted by Crippen LogP contribution is -2.38. The van der Waals surface area contributed by atoms with Crippen LogP contribution in [0.1, 0.15) is 94.2 Å². The first-order valence-electron chi connectivity index (χ1n) is 26.8. The van der Waals surface area contributed by atoms with E-state index in [4.69, 9.17) is 23.9 Å². The van der Waals surface area contributed by atoms with Crippen molar-refractivity contribution in [1.29, 1.82) is 0 Å². The summed E-state index contributed by atoms with van der Waals surface area (Å²) in [5.74, 6) is 0. The highest BCUT2D eigenvalue weighted by atomic mass is 28.3. The Bertz CT molecular complexity index is 3240. The van der Waals surface area contributed by atoms with E-state index in [2.05, 4.69) is 31.8 Å². The van der Waals surface area contributed by atoms with Crippen LogP contribution in [0.25, 0.3) is 0 Å². The molecular formula is C66H75N5O8Si. The van der Waals surface area contributed by atoms with E-state index in [1.807, 2.05) is 139 Å². The van der Waals surface area contributed by atoms with Gasteiger partial charge in [-0.2, -0.15) is 0 Å². The molecule has 0 spiro atoms. The Morgan fingerprint density at radius 1 is 0.325 bits per heavy atom. The zero-order valence-corrected chi connectivity index (χ0v) is 49.8. The number of ether oxygens (including phenoxy) is 4. The van der Waals surface area contributed by atoms with E-state index >= 15 is 0 Å². The van der Waals surface area contributed by atoms with E-state index in [0.29, 0.717) is 51.2 Å². The largest absolute Gasteiger partial charge is 0.443 e. The van der Waals surface area contributed by atoms with Crippen LogP contribution in [0.15, 0.2) is 187 Å². The monoisotopic (exact) mass is 1090 g/mol. The van der Waals surface area contributed by atoms with Crippen LogP contribution in [0.2, 0.25) is 19.6 Å². The second-order valence-electron chi connectivity index (χ2n) is 24.3. The van der Waals surface area contributed by atoms with Crippen LogP contribution < -0.4 is 24.8 Å². The van der Waals surface area contributed by atoms with Crippen LogP contribution in [-0.4, -0.2) is 60.6 Å². The Balaban J connectivity index is 1.23. The number of amides is 4. The lowest BCUT2D eigenvalue weighted by molar-refractivity contribution is 0.0586. The Labute approximate surface area is 473 Å². The van der Waals surface area contributed by atoms with Gasteiger partial charge in [-0.3, -0.25) is 0 Å². The lowest BCUT2D eigenvalue weighted by atomic mass is 10.0. The van der Waals surface area contributed by atoms with Crippen LogP contribution in [0.4, 0.5) is 70.4 Å². The molecule has 0 heterocycles. The standard InChI is InChI=1S/C66H75N5O8Si/c1-63(2,3)76-59(72)68(49-28-26-48(27-29-49)67-58(46-22-18-16-19-23-46)47-24-20-17-21-25-47)50-30-32-51(33-31-50)69(60(73)77-64(4,5)6)52-34-36-53(37-35-52)70(61(74)78-65(7,8)9)54-38-40-55(41-39-54)71(62(75)79-66(10,11)12)56-42-44-57(45-43-56)80(13,14)15/h16-45H,1-15H3. The van der Waals surface area contributed by atoms with Crippen molar-refractivity contribution in [2.45, 2.75) is 125 Å². The fourth-order valence-electron chi connectivity index (χ4n) is 8.33. The van der Waals surface area contributed by atoms with Gasteiger partial charge in [0.25, 0.3) is 0 Å². The molecule has 80 heavy (non-hydrogen) atoms. The number of nitrogens with zero attached hydrogens (tertiary/aromatic N) is 5. The minimum Gasteiger partial charge on any atom is -0.443 e. The molecule has 0 fully saturated rings. The van der Waals surface area contributed by atoms with Gasteiger partial charge >= 0.3 is 24.4 Å². The van der Waals surface area contributed by atoms with Crippen LogP contribution in [0.5, 0.6) is 0 Å². The molecule has 0 bridgehead atoms. The van der Waals surface area contributed by atoms with Gasteiger partial charge in [-0.1, -0.05) is 97.6 Å². The third kappa shape index (κ3) is 15.8. The fraction of sp³-hybridized carbons (Fsp3) is 0.288. The maximum absolute atomic E-state index is 14.3. The second-order valence-corrected chi connectivity index (χ2v) is 29.4. The maximum Gasteiger partial charge on any atom is 0.419 e. The quantitative estimate of drug-likeness (QED) is 0.0672. The zero-order valence-electron chi connectivity index (χ0n) is 48.8. The SMILES string of the molecule is CC(C)(C)OC(=O)N(c1ccc(N=C(c2ccccc2)c2ccccc2)cc1)c1ccc(N(C(=O)OC(C)(C)C)c2ccc(N(C(=O)OC(C)(C)C)c3ccc(N(C(=O)OC(C)(C)C)c4ccc([Si](C)(C)C)cc4)cc3)cc2)cc1. The van der Waals surface area contributed by atoms with Gasteiger partial charge in [0.05, 0.1) is 65.0 Å². The number of carbonyl (C=O) groups excluding carboxylic acids is 4. The number of benzene rings is 7. The summed E-state index contributed by atoms with van der Waals surface area (Å²) in [6, 6.07) is 56.1. The molecule has 0 aliphatic heterocycles. The number of hydrogen-bond donors (Lipinski definition) is 0. The Morgan fingerprint density at radius 3 is 0.750 bits per heavy atom. The topological polar surface area (TPSA) is 131 Å². The Kier molecular flexibility index (Phi) is 17.6. The first-order chi connectivity index (χ1) is 37.4. The minimum atomic E-state index is -1.63. The van der Waals surface area contributed by atoms with Crippen molar-refractivity contribution in [1.82, 2.24) is 0 Å². The minimum absolute atomic E-state index is 0.425. The molecule has 0 radical (unpaired) electrons. The number of anilines is 8. The molecule has 14 heteroatoms. The molecule has 0 atom stereocenters. The predicted octanol–water partition coefficient (Wildman–Crippen LogP) is 17.7. The van der Waals surface area contributed by atoms with Crippen molar-refractivity contribution in [3.05, 3.63) is 193 Å². The zero-order chi connectivity index (χ0) is 58.4. The highest BCUT2D eigenvalue weighted by Crippen LogP contribution is 2.38. The average Bonchev–Trinajstić information content (AvgIpc) is 3.36. The van der Waals surface area contributed by atoms with Gasteiger partial charge in [-0.25, -0.2) is 43.8 Å². The third-order valence-corrected chi connectivity index (χ3v) is 13.9. The van der Waals surface area contributed by atoms with Gasteiger partial charge in [-0.15, -0.1) is 0 Å². The van der Waals surface area contributed by atoms with Crippen LogP contribution in [-0.2, 0) is 18.9 Å². The molecule has 13 nitrogen and oxygen atoms in total. The highest BCUT2D eigenvalue weighted by molar-refractivity contribution is 6.88. The summed E-state index contributed by atoms with van der Waals surface area (Å²) in [6.45, 7) is 28.4. The smallest absolute Gasteiger partial charge is 0.419 e. The van der Waals surface area contributed by atoms with Gasteiger partial charge < -0.3 is 18.9 Å². The molecule has 0 saturated heterocycles. The fourth-order valence-corrected chi connectivity index (χ4v) is 9.49. The van der Waals surface area contributed by atoms with Gasteiger partial charge in [-0.05, 0) is 192 Å². The van der Waals surface area contributed by atoms with E-state index in [0.717, 1.165) is 16.8 Å². The molecule has 4 amide bonds. The van der Waals surface area contributed by atoms with Crippen molar-refractivity contribution < 1.29 is 38.1 Å². The summed E-state index contributed by atoms with van der Waals surface area (Å²) in [5.41, 5.74) is 4.02. The first kappa shape index (κ1) is 59.2. The molecule has 0 unspecified atom stereocenters. The van der Waals surface area contributed by atoms with Gasteiger partial charge in [0.1, 0.15) is 22.4 Å². The van der Waals surface area contributed by atoms with E-state index in [-0.39, 0.29) is 0 Å². The molecule has 0 aliphatic rings. The summed E-state index contributed by atoms with van der Waals surface area (Å²) < 4.78 is 23.8. The Morgan fingerprint density at radius 2 is 0.537 bits per heavy atom. The maximum atomic E-state index is 14.3. The van der Waals surface area contributed by atoms with Crippen LogP contribution in [0, 0.1) is 0 Å². The van der Waals surface area contributed by atoms with Gasteiger partial charge in [0.2, 0.25) is 0 Å². The van der Waals surface area contributed by atoms with E-state index < -0.39 is 54.9 Å². The molecule has 7 rings (SSSR count). The highest BCUT2D eigenvalue weighted by Gasteiger charge is 2.31. The second kappa shape index (κ2) is 23.9. The van der Waals surface area contributed by atoms with Crippen LogP contribution in [0.3, 0.4) is 0 Å². The van der Waals surface area contributed by atoms with Crippen molar-refractivity contribution in [2.75, 3.05) is 19.6 Å². The van der Waals surface area contributed by atoms with Gasteiger partial charge in [0, 0.05) is 11.1 Å². The first-order valence-corrected chi connectivity index (χ1v) is 30.3. The molecule has 416 valence electrons. The summed E-state index contributed by atoms with van der Waals surface area (Å²) in [7, 11) is -1.63. The molecule has 0 aromatic heterocycles. The van der Waals surface area contributed by atoms with Gasteiger partial charge in [0.15, 0.2) is 0 Å². The summed E-state index contributed by atoms with van der Waals surface area (Å²) in [6.07, 6.45) is -2.46. The molecular weight excluding hydrogens is 1020 g/mol. The third-order valence-electron chi connectivity index (χ3n) is 11.8. The average molecular weight is 1090 g/mol. The Hall–Kier alpha value is -8.49. The molecule has 7 aromatic carbocycles. The van der Waals surface area contributed by atoms with Crippen LogP contribution >= 0.6 is 0 Å². The van der Waals surface area contributed by atoms with E-state index in [1.54, 1.807) is 114 Å². The van der Waals surface area contributed by atoms with E-state index in [9.17, 15) is 19.2 Å². The molecule has 0 N–H and O–H groups in total. The molecule has 0 saturated carbocycles. The molecule has 7 aromatic rings. The predicted molar refractivity (Wildman–Crippen MR) is 327 cm³/mol. The summed E-state index contributed by atoms with van der Waals surface area (Å²) in [4.78, 5) is 67.6. The van der Waals surface area contributed by atoms with Crippen molar-refractivity contribution in [3.63, 3.8) is 0 Å². The summed E-state index contributed by atoms with van der Waals surface area (Å²) in [5, 5.41) is 1.25. The number of hydrogen-bond acceptors (Lipinski definition) is 9. The number of aliphatic imine (C=N–C) groups is 1. The normalized spacial score (nSPS) is 11.9. The summed E-state index contributed by atoms with van der Waals surface area (Å²) >= 11 is 0. The van der Waals surface area contributed by atoms with Crippen molar-refractivity contribution in [3.8, 4) is 0 Å². The lowest BCUT2D eigenvalue weighted by Gasteiger charge is -2.30. The number of rotatable bonds is 12. The number of carbonyl (C=O) groups is 4. The van der Waals surface area contributed by atoms with E-state index in [1.165, 1.54) is 24.8 Å². The van der Waals surface area contributed by atoms with Crippen molar-refractivity contribution >= 4 is 94.5 Å².